The molecule has 0 spiro atoms. The van der Waals surface area contributed by atoms with Gasteiger partial charge in [-0.25, -0.2) is 4.98 Å². The Hall–Kier alpha value is -0.560. The van der Waals surface area contributed by atoms with Gasteiger partial charge >= 0.3 is 0 Å². The molecule has 0 bridgehead atoms. The number of nitrogens with zero attached hydrogens (tertiary/aromatic N) is 1. The Kier molecular flexibility index (Phi) is 2.28. The van der Waals surface area contributed by atoms with Gasteiger partial charge < -0.3 is 0 Å². The van der Waals surface area contributed by atoms with Gasteiger partial charge in [-0.05, 0) is 38.0 Å². The zero-order valence-electron chi connectivity index (χ0n) is 5.89. The fourth-order valence-electron chi connectivity index (χ4n) is 0.822. The minimum absolute atomic E-state index is 0.554. The third kappa shape index (κ3) is 1.71. The quantitative estimate of drug-likeness (QED) is 0.567. The molecule has 1 radical (unpaired) electrons. The maximum atomic E-state index is 5.69. The van der Waals surface area contributed by atoms with Gasteiger partial charge in [0, 0.05) is 5.69 Å². The first-order chi connectivity index (χ1) is 4.72. The van der Waals surface area contributed by atoms with Crippen LogP contribution in [0.1, 0.15) is 11.3 Å². The number of aromatic nitrogens is 1. The normalized spacial score (nSPS) is 9.90. The highest BCUT2D eigenvalue weighted by Crippen LogP contribution is 2.09. The van der Waals surface area contributed by atoms with Crippen LogP contribution in [-0.2, 0) is 6.42 Å². The first-order valence-corrected chi connectivity index (χ1v) is 3.52. The minimum Gasteiger partial charge on any atom is -0.241 e. The summed E-state index contributed by atoms with van der Waals surface area (Å²) in [6, 6.07) is 3.82. The van der Waals surface area contributed by atoms with Crippen LogP contribution < -0.4 is 0 Å². The molecule has 0 amide bonds. The van der Waals surface area contributed by atoms with Gasteiger partial charge in [0.15, 0.2) is 0 Å². The number of aryl methyl sites for hydroxylation is 1. The molecule has 0 aliphatic carbocycles. The number of pyridine rings is 1. The number of hydrogen-bond donors (Lipinski definition) is 0. The fourth-order valence-corrected chi connectivity index (χ4v) is 1.10. The summed E-state index contributed by atoms with van der Waals surface area (Å²) >= 11 is 5.69. The van der Waals surface area contributed by atoms with E-state index in [0.717, 1.165) is 11.3 Å². The van der Waals surface area contributed by atoms with Crippen molar-refractivity contribution in [2.24, 2.45) is 0 Å². The molecule has 53 valence electrons. The highest BCUT2D eigenvalue weighted by molar-refractivity contribution is 6.29. The van der Waals surface area contributed by atoms with Crippen LogP contribution >= 0.6 is 11.6 Å². The van der Waals surface area contributed by atoms with Gasteiger partial charge in [0.1, 0.15) is 5.15 Å². The Morgan fingerprint density at radius 3 is 2.80 bits per heavy atom. The molecule has 0 saturated carbocycles. The third-order valence-corrected chi connectivity index (χ3v) is 1.44. The van der Waals surface area contributed by atoms with Crippen molar-refractivity contribution in [3.05, 3.63) is 35.5 Å². The van der Waals surface area contributed by atoms with E-state index in [0.29, 0.717) is 11.6 Å². The standard InChI is InChI=1S/C8H9ClN/c1-3-7-4-6(2)5-8(9)10-7/h4-5H,1,3H2,2H3. The third-order valence-electron chi connectivity index (χ3n) is 1.25. The number of halogens is 1. The molecule has 1 nitrogen and oxygen atoms in total. The van der Waals surface area contributed by atoms with Gasteiger partial charge in [-0.1, -0.05) is 11.6 Å². The smallest absolute Gasteiger partial charge is 0.129 e. The SMILES string of the molecule is [CH2]Cc1cc(C)cc(Cl)n1. The van der Waals surface area contributed by atoms with Crippen LogP contribution in [0.5, 0.6) is 0 Å². The summed E-state index contributed by atoms with van der Waals surface area (Å²) in [6.07, 6.45) is 0.696. The van der Waals surface area contributed by atoms with Crippen molar-refractivity contribution in [1.29, 1.82) is 0 Å². The minimum atomic E-state index is 0.554. The predicted molar refractivity (Wildman–Crippen MR) is 43.0 cm³/mol. The molecule has 0 saturated heterocycles. The van der Waals surface area contributed by atoms with E-state index in [4.69, 9.17) is 11.6 Å². The summed E-state index contributed by atoms with van der Waals surface area (Å²) in [6.45, 7) is 5.71. The van der Waals surface area contributed by atoms with E-state index in [2.05, 4.69) is 11.9 Å². The van der Waals surface area contributed by atoms with Crippen molar-refractivity contribution in [3.8, 4) is 0 Å². The lowest BCUT2D eigenvalue weighted by molar-refractivity contribution is 1.10. The summed E-state index contributed by atoms with van der Waals surface area (Å²) in [4.78, 5) is 4.06. The average molecular weight is 155 g/mol. The van der Waals surface area contributed by atoms with Gasteiger partial charge in [0.25, 0.3) is 0 Å². The van der Waals surface area contributed by atoms with Crippen LogP contribution in [0, 0.1) is 13.8 Å². The molecule has 10 heavy (non-hydrogen) atoms. The molecule has 0 aromatic carbocycles. The van der Waals surface area contributed by atoms with Crippen molar-refractivity contribution in [3.63, 3.8) is 0 Å². The largest absolute Gasteiger partial charge is 0.241 e. The number of rotatable bonds is 1. The van der Waals surface area contributed by atoms with E-state index in [-0.39, 0.29) is 0 Å². The molecule has 2 heteroatoms. The second-order valence-corrected chi connectivity index (χ2v) is 2.60. The average Bonchev–Trinajstić information content (AvgIpc) is 1.85. The first-order valence-electron chi connectivity index (χ1n) is 3.14. The monoisotopic (exact) mass is 154 g/mol. The van der Waals surface area contributed by atoms with Crippen molar-refractivity contribution in [2.45, 2.75) is 13.3 Å². The molecular weight excluding hydrogens is 146 g/mol. The van der Waals surface area contributed by atoms with Gasteiger partial charge in [-0.15, -0.1) is 0 Å². The van der Waals surface area contributed by atoms with E-state index in [1.54, 1.807) is 0 Å². The Morgan fingerprint density at radius 1 is 1.60 bits per heavy atom. The van der Waals surface area contributed by atoms with Crippen molar-refractivity contribution in [1.82, 2.24) is 4.98 Å². The lowest BCUT2D eigenvalue weighted by Crippen LogP contribution is -1.87. The Bertz CT molecular complexity index is 212. The second kappa shape index (κ2) is 3.02. The number of hydrogen-bond acceptors (Lipinski definition) is 1. The lowest BCUT2D eigenvalue weighted by atomic mass is 10.2. The first kappa shape index (κ1) is 7.55. The Balaban J connectivity index is 3.06. The zero-order chi connectivity index (χ0) is 7.56. The molecule has 0 aliphatic heterocycles. The van der Waals surface area contributed by atoms with Gasteiger partial charge in [-0.3, -0.25) is 0 Å². The Labute approximate surface area is 66.0 Å². The van der Waals surface area contributed by atoms with Crippen LogP contribution in [0.25, 0.3) is 0 Å². The second-order valence-electron chi connectivity index (χ2n) is 2.21. The highest BCUT2D eigenvalue weighted by atomic mass is 35.5. The molecule has 0 atom stereocenters. The fraction of sp³-hybridized carbons (Fsp3) is 0.250. The maximum Gasteiger partial charge on any atom is 0.129 e. The van der Waals surface area contributed by atoms with Crippen LogP contribution in [0.15, 0.2) is 12.1 Å². The zero-order valence-corrected chi connectivity index (χ0v) is 6.65. The molecule has 1 heterocycles. The van der Waals surface area contributed by atoms with Crippen LogP contribution in [0.3, 0.4) is 0 Å². The Morgan fingerprint density at radius 2 is 2.30 bits per heavy atom. The van der Waals surface area contributed by atoms with Gasteiger partial charge in [-0.2, -0.15) is 0 Å². The van der Waals surface area contributed by atoms with Gasteiger partial charge in [0.2, 0.25) is 0 Å². The van der Waals surface area contributed by atoms with E-state index in [1.165, 1.54) is 0 Å². The summed E-state index contributed by atoms with van der Waals surface area (Å²) in [5.74, 6) is 0. The predicted octanol–water partition coefficient (Wildman–Crippen LogP) is 2.42. The topological polar surface area (TPSA) is 12.9 Å². The molecule has 1 aromatic heterocycles. The van der Waals surface area contributed by atoms with Crippen LogP contribution in [0.4, 0.5) is 0 Å². The summed E-state index contributed by atoms with van der Waals surface area (Å²) < 4.78 is 0. The maximum absolute atomic E-state index is 5.69. The van der Waals surface area contributed by atoms with E-state index in [9.17, 15) is 0 Å². The van der Waals surface area contributed by atoms with E-state index in [1.807, 2.05) is 19.1 Å². The van der Waals surface area contributed by atoms with Gasteiger partial charge in [0.05, 0.1) is 0 Å². The summed E-state index contributed by atoms with van der Waals surface area (Å²) in [5.41, 5.74) is 2.09. The molecule has 0 N–H and O–H groups in total. The summed E-state index contributed by atoms with van der Waals surface area (Å²) in [7, 11) is 0. The molecule has 0 unspecified atom stereocenters. The molecule has 0 fully saturated rings. The van der Waals surface area contributed by atoms with Crippen LogP contribution in [0.2, 0.25) is 5.15 Å². The molecule has 1 rings (SSSR count). The van der Waals surface area contributed by atoms with Crippen molar-refractivity contribution in [2.75, 3.05) is 0 Å². The summed E-state index contributed by atoms with van der Waals surface area (Å²) in [5, 5.41) is 0.554. The highest BCUT2D eigenvalue weighted by Gasteiger charge is 1.94. The van der Waals surface area contributed by atoms with E-state index >= 15 is 0 Å². The lowest BCUT2D eigenvalue weighted by Gasteiger charge is -1.97. The molecule has 1 aromatic rings. The van der Waals surface area contributed by atoms with Crippen LogP contribution in [-0.4, -0.2) is 4.98 Å². The molecular formula is C8H9ClN. The molecule has 0 aliphatic rings. The van der Waals surface area contributed by atoms with E-state index < -0.39 is 0 Å². The van der Waals surface area contributed by atoms with Crippen molar-refractivity contribution >= 4 is 11.6 Å². The van der Waals surface area contributed by atoms with Crippen molar-refractivity contribution < 1.29 is 0 Å².